The molecule has 1 fully saturated rings. The molecular weight excluding hydrogens is 430 g/mol. The average molecular weight is 450 g/mol. The van der Waals surface area contributed by atoms with Gasteiger partial charge in [0, 0.05) is 48.5 Å². The van der Waals surface area contributed by atoms with Crippen molar-refractivity contribution in [3.8, 4) is 11.3 Å². The summed E-state index contributed by atoms with van der Waals surface area (Å²) in [5.41, 5.74) is 2.17. The second kappa shape index (κ2) is 8.65. The van der Waals surface area contributed by atoms with Crippen LogP contribution in [-0.4, -0.2) is 42.2 Å². The van der Waals surface area contributed by atoms with Crippen molar-refractivity contribution in [1.29, 1.82) is 0 Å². The number of carbonyl (C=O) groups is 1. The lowest BCUT2D eigenvalue weighted by atomic mass is 10.2. The van der Waals surface area contributed by atoms with Crippen LogP contribution in [0.1, 0.15) is 5.76 Å². The second-order valence-corrected chi connectivity index (χ2v) is 8.77. The van der Waals surface area contributed by atoms with E-state index >= 15 is 0 Å². The molecule has 1 saturated heterocycles. The molecule has 7 heteroatoms. The molecule has 1 amide bonds. The highest BCUT2D eigenvalue weighted by Gasteiger charge is 2.28. The van der Waals surface area contributed by atoms with Crippen molar-refractivity contribution in [1.82, 2.24) is 4.90 Å². The van der Waals surface area contributed by atoms with Crippen LogP contribution in [0.4, 0.5) is 5.69 Å². The smallest absolute Gasteiger partial charge is 0.286 e. The Bertz CT molecular complexity index is 1150. The van der Waals surface area contributed by atoms with Crippen molar-refractivity contribution in [3.05, 3.63) is 82.4 Å². The van der Waals surface area contributed by atoms with E-state index in [0.29, 0.717) is 10.7 Å². The zero-order valence-corrected chi connectivity index (χ0v) is 18.3. The molecule has 5 rings (SSSR count). The van der Waals surface area contributed by atoms with Crippen molar-refractivity contribution in [2.75, 3.05) is 31.1 Å². The molecule has 0 unspecified atom stereocenters. The summed E-state index contributed by atoms with van der Waals surface area (Å²) in [5, 5.41) is 1.51. The number of anilines is 1. The predicted molar refractivity (Wildman–Crippen MR) is 127 cm³/mol. The maximum atomic E-state index is 12.5. The van der Waals surface area contributed by atoms with E-state index in [0.717, 1.165) is 53.4 Å². The molecule has 5 nitrogen and oxygen atoms in total. The zero-order chi connectivity index (χ0) is 21.2. The summed E-state index contributed by atoms with van der Waals surface area (Å²) in [6.45, 7) is 3.36. The molecule has 0 spiro atoms. The highest BCUT2D eigenvalue weighted by atomic mass is 35.5. The van der Waals surface area contributed by atoms with Crippen LogP contribution in [0.3, 0.4) is 0 Å². The van der Waals surface area contributed by atoms with E-state index in [1.54, 1.807) is 6.08 Å². The van der Waals surface area contributed by atoms with Crippen LogP contribution in [0.5, 0.6) is 0 Å². The highest BCUT2D eigenvalue weighted by Crippen LogP contribution is 2.32. The number of carbonyl (C=O) groups excluding carboxylic acids is 1. The Morgan fingerprint density at radius 1 is 0.903 bits per heavy atom. The normalized spacial score (nSPS) is 18.0. The van der Waals surface area contributed by atoms with Gasteiger partial charge in [-0.3, -0.25) is 4.79 Å². The van der Waals surface area contributed by atoms with E-state index in [-0.39, 0.29) is 5.91 Å². The lowest BCUT2D eigenvalue weighted by molar-refractivity contribution is -0.113. The van der Waals surface area contributed by atoms with E-state index in [1.807, 2.05) is 66.7 Å². The van der Waals surface area contributed by atoms with Gasteiger partial charge >= 0.3 is 0 Å². The van der Waals surface area contributed by atoms with E-state index < -0.39 is 0 Å². The van der Waals surface area contributed by atoms with Gasteiger partial charge in [-0.15, -0.1) is 0 Å². The first kappa shape index (κ1) is 20.0. The summed E-state index contributed by atoms with van der Waals surface area (Å²) in [5.74, 6) is 1.22. The molecular formula is C24H20ClN3O2S. The van der Waals surface area contributed by atoms with Crippen molar-refractivity contribution >= 4 is 46.2 Å². The van der Waals surface area contributed by atoms with E-state index in [4.69, 9.17) is 16.0 Å². The summed E-state index contributed by atoms with van der Waals surface area (Å²) < 4.78 is 5.91. The molecule has 0 atom stereocenters. The Morgan fingerprint density at radius 2 is 1.61 bits per heavy atom. The molecule has 156 valence electrons. The molecule has 1 aromatic heterocycles. The fourth-order valence-corrected chi connectivity index (χ4v) is 4.73. The molecule has 2 aromatic carbocycles. The quantitative estimate of drug-likeness (QED) is 0.501. The van der Waals surface area contributed by atoms with Gasteiger partial charge in [-0.25, -0.2) is 0 Å². The molecule has 0 aliphatic carbocycles. The highest BCUT2D eigenvalue weighted by molar-refractivity contribution is 8.18. The third-order valence-electron chi connectivity index (χ3n) is 5.31. The van der Waals surface area contributed by atoms with Gasteiger partial charge in [-0.2, -0.15) is 4.99 Å². The Hall–Kier alpha value is -2.96. The number of benzene rings is 2. The monoisotopic (exact) mass is 449 g/mol. The fraction of sp³-hybridized carbons (Fsp3) is 0.167. The van der Waals surface area contributed by atoms with Crippen molar-refractivity contribution < 1.29 is 9.21 Å². The van der Waals surface area contributed by atoms with Gasteiger partial charge in [0.05, 0.1) is 4.91 Å². The third-order valence-corrected chi connectivity index (χ3v) is 6.61. The predicted octanol–water partition coefficient (Wildman–Crippen LogP) is 5.39. The minimum absolute atomic E-state index is 0.210. The summed E-state index contributed by atoms with van der Waals surface area (Å²) in [7, 11) is 0. The first-order valence-corrected chi connectivity index (χ1v) is 11.3. The Kier molecular flexibility index (Phi) is 5.57. The van der Waals surface area contributed by atoms with Crippen LogP contribution < -0.4 is 4.90 Å². The van der Waals surface area contributed by atoms with Gasteiger partial charge in [-0.1, -0.05) is 41.9 Å². The largest absolute Gasteiger partial charge is 0.457 e. The number of halogens is 1. The molecule has 0 N–H and O–H groups in total. The standard InChI is InChI=1S/C24H20ClN3O2S/c25-18-6-8-19(9-7-18)27-12-14-28(15-13-27)24-26-23(29)22(31-24)16-20-10-11-21(30-20)17-4-2-1-3-5-17/h1-11,16H,12-15H2. The number of rotatable bonds is 3. The molecule has 0 bridgehead atoms. The molecule has 0 radical (unpaired) electrons. The van der Waals surface area contributed by atoms with Gasteiger partial charge in [0.15, 0.2) is 5.17 Å². The number of piperazine rings is 1. The lowest BCUT2D eigenvalue weighted by Crippen LogP contribution is -2.47. The number of aliphatic imine (C=N–C) groups is 1. The van der Waals surface area contributed by atoms with Crippen LogP contribution in [0.15, 0.2) is 81.0 Å². The number of furan rings is 1. The number of nitrogens with zero attached hydrogens (tertiary/aromatic N) is 3. The number of amidine groups is 1. The van der Waals surface area contributed by atoms with Crippen LogP contribution in [0.2, 0.25) is 5.02 Å². The molecule has 31 heavy (non-hydrogen) atoms. The van der Waals surface area contributed by atoms with E-state index in [1.165, 1.54) is 11.8 Å². The third kappa shape index (κ3) is 4.40. The minimum atomic E-state index is -0.210. The van der Waals surface area contributed by atoms with Gasteiger partial charge in [-0.05, 0) is 48.2 Å². The Labute approximate surface area is 190 Å². The number of hydrogen-bond acceptors (Lipinski definition) is 5. The Morgan fingerprint density at radius 3 is 2.35 bits per heavy atom. The van der Waals surface area contributed by atoms with Crippen molar-refractivity contribution in [2.24, 2.45) is 4.99 Å². The summed E-state index contributed by atoms with van der Waals surface area (Å²) in [4.78, 5) is 21.8. The van der Waals surface area contributed by atoms with E-state index in [9.17, 15) is 4.79 Å². The van der Waals surface area contributed by atoms with Crippen LogP contribution >= 0.6 is 23.4 Å². The molecule has 3 aromatic rings. The fourth-order valence-electron chi connectivity index (χ4n) is 3.66. The number of amides is 1. The summed E-state index contributed by atoms with van der Waals surface area (Å²) >= 11 is 7.40. The van der Waals surface area contributed by atoms with Crippen molar-refractivity contribution in [2.45, 2.75) is 0 Å². The molecule has 3 heterocycles. The van der Waals surface area contributed by atoms with Crippen LogP contribution in [0.25, 0.3) is 17.4 Å². The number of thioether (sulfide) groups is 1. The summed E-state index contributed by atoms with van der Waals surface area (Å²) in [6.07, 6.45) is 1.78. The maximum absolute atomic E-state index is 12.5. The SMILES string of the molecule is O=C1N=C(N2CCN(c3ccc(Cl)cc3)CC2)SC1=Cc1ccc(-c2ccccc2)o1. The maximum Gasteiger partial charge on any atom is 0.286 e. The minimum Gasteiger partial charge on any atom is -0.457 e. The van der Waals surface area contributed by atoms with Gasteiger partial charge < -0.3 is 14.2 Å². The van der Waals surface area contributed by atoms with Crippen LogP contribution in [-0.2, 0) is 4.79 Å². The summed E-state index contributed by atoms with van der Waals surface area (Å²) in [6, 6.07) is 21.6. The molecule has 2 aliphatic rings. The second-order valence-electron chi connectivity index (χ2n) is 7.33. The Balaban J connectivity index is 1.23. The van der Waals surface area contributed by atoms with Gasteiger partial charge in [0.2, 0.25) is 0 Å². The first-order chi connectivity index (χ1) is 15.2. The molecule has 2 aliphatic heterocycles. The zero-order valence-electron chi connectivity index (χ0n) is 16.7. The lowest BCUT2D eigenvalue weighted by Gasteiger charge is -2.36. The first-order valence-electron chi connectivity index (χ1n) is 10.1. The van der Waals surface area contributed by atoms with Gasteiger partial charge in [0.25, 0.3) is 5.91 Å². The van der Waals surface area contributed by atoms with E-state index in [2.05, 4.69) is 14.8 Å². The average Bonchev–Trinajstić information content (AvgIpc) is 3.42. The van der Waals surface area contributed by atoms with Crippen LogP contribution in [0, 0.1) is 0 Å². The number of hydrogen-bond donors (Lipinski definition) is 0. The molecule has 0 saturated carbocycles. The van der Waals surface area contributed by atoms with Gasteiger partial charge in [0.1, 0.15) is 11.5 Å². The topological polar surface area (TPSA) is 49.1 Å². The van der Waals surface area contributed by atoms with Crippen molar-refractivity contribution in [3.63, 3.8) is 0 Å².